The van der Waals surface area contributed by atoms with Crippen LogP contribution in [0.25, 0.3) is 0 Å². The van der Waals surface area contributed by atoms with Gasteiger partial charge in [0.1, 0.15) is 0 Å². The van der Waals surface area contributed by atoms with Crippen molar-refractivity contribution >= 4 is 0 Å². The minimum atomic E-state index is 0.846. The monoisotopic (exact) mass is 194 g/mol. The zero-order valence-electron chi connectivity index (χ0n) is 8.74. The molecule has 0 radical (unpaired) electrons. The van der Waals surface area contributed by atoms with E-state index in [1.54, 1.807) is 0 Å². The molecular weight excluding hydrogens is 176 g/mol. The van der Waals surface area contributed by atoms with Crippen molar-refractivity contribution in [3.05, 3.63) is 11.9 Å². The fourth-order valence-corrected chi connectivity index (χ4v) is 1.47. The van der Waals surface area contributed by atoms with Crippen LogP contribution in [0.3, 0.4) is 0 Å². The van der Waals surface area contributed by atoms with Crippen LogP contribution in [0.2, 0.25) is 0 Å². The van der Waals surface area contributed by atoms with E-state index in [4.69, 9.17) is 0 Å². The molecule has 78 valence electrons. The summed E-state index contributed by atoms with van der Waals surface area (Å²) in [5, 5.41) is 11.5. The van der Waals surface area contributed by atoms with Gasteiger partial charge in [-0.1, -0.05) is 12.1 Å². The Morgan fingerprint density at radius 3 is 3.14 bits per heavy atom. The quantitative estimate of drug-likeness (QED) is 0.692. The van der Waals surface area contributed by atoms with Gasteiger partial charge in [0.2, 0.25) is 0 Å². The molecule has 4 heteroatoms. The standard InChI is InChI=1S/C10H18N4/c1-2-5-11-6-10-8-14(13-12-10)7-9-3-4-9/h8-9,11H,2-7H2,1H3. The summed E-state index contributed by atoms with van der Waals surface area (Å²) in [6.45, 7) is 5.12. The van der Waals surface area contributed by atoms with Gasteiger partial charge in [-0.15, -0.1) is 5.10 Å². The first-order valence-corrected chi connectivity index (χ1v) is 5.48. The summed E-state index contributed by atoms with van der Waals surface area (Å²) in [6, 6.07) is 0. The second-order valence-electron chi connectivity index (χ2n) is 4.05. The van der Waals surface area contributed by atoms with Gasteiger partial charge >= 0.3 is 0 Å². The lowest BCUT2D eigenvalue weighted by molar-refractivity contribution is 0.544. The van der Waals surface area contributed by atoms with E-state index in [9.17, 15) is 0 Å². The molecule has 0 aromatic carbocycles. The van der Waals surface area contributed by atoms with Gasteiger partial charge in [0.25, 0.3) is 0 Å². The second-order valence-corrected chi connectivity index (χ2v) is 4.05. The lowest BCUT2D eigenvalue weighted by Crippen LogP contribution is -2.13. The summed E-state index contributed by atoms with van der Waals surface area (Å²) >= 11 is 0. The number of aromatic nitrogens is 3. The van der Waals surface area contributed by atoms with Crippen LogP contribution < -0.4 is 5.32 Å². The Kier molecular flexibility index (Phi) is 3.14. The Labute approximate surface area is 84.7 Å². The molecule has 1 fully saturated rings. The first kappa shape index (κ1) is 9.65. The molecule has 1 aliphatic rings. The van der Waals surface area contributed by atoms with Gasteiger partial charge in [-0.3, -0.25) is 4.68 Å². The van der Waals surface area contributed by atoms with Crippen molar-refractivity contribution in [3.63, 3.8) is 0 Å². The summed E-state index contributed by atoms with van der Waals surface area (Å²) in [7, 11) is 0. The molecule has 0 saturated heterocycles. The lowest BCUT2D eigenvalue weighted by Gasteiger charge is -1.97. The number of rotatable bonds is 6. The van der Waals surface area contributed by atoms with Crippen molar-refractivity contribution in [2.45, 2.75) is 39.3 Å². The van der Waals surface area contributed by atoms with Crippen molar-refractivity contribution in [3.8, 4) is 0 Å². The molecule has 0 bridgehead atoms. The maximum atomic E-state index is 4.12. The maximum Gasteiger partial charge on any atom is 0.0964 e. The van der Waals surface area contributed by atoms with Crippen LogP contribution in [0.4, 0.5) is 0 Å². The van der Waals surface area contributed by atoms with E-state index < -0.39 is 0 Å². The van der Waals surface area contributed by atoms with Crippen molar-refractivity contribution in [2.24, 2.45) is 5.92 Å². The third-order valence-electron chi connectivity index (χ3n) is 2.46. The van der Waals surface area contributed by atoms with Crippen LogP contribution in [0, 0.1) is 5.92 Å². The van der Waals surface area contributed by atoms with E-state index in [-0.39, 0.29) is 0 Å². The maximum absolute atomic E-state index is 4.12. The van der Waals surface area contributed by atoms with Crippen LogP contribution in [0.1, 0.15) is 31.9 Å². The molecule has 0 amide bonds. The molecule has 0 unspecified atom stereocenters. The van der Waals surface area contributed by atoms with E-state index >= 15 is 0 Å². The van der Waals surface area contributed by atoms with Gasteiger partial charge in [0.15, 0.2) is 0 Å². The van der Waals surface area contributed by atoms with Crippen molar-refractivity contribution in [2.75, 3.05) is 6.54 Å². The number of hydrogen-bond donors (Lipinski definition) is 1. The van der Waals surface area contributed by atoms with E-state index in [2.05, 4.69) is 28.7 Å². The highest BCUT2D eigenvalue weighted by Crippen LogP contribution is 2.30. The molecule has 0 spiro atoms. The normalized spacial score (nSPS) is 16.1. The largest absolute Gasteiger partial charge is 0.311 e. The van der Waals surface area contributed by atoms with Crippen LogP contribution in [0.5, 0.6) is 0 Å². The van der Waals surface area contributed by atoms with Crippen LogP contribution in [-0.2, 0) is 13.1 Å². The van der Waals surface area contributed by atoms with Gasteiger partial charge in [-0.25, -0.2) is 0 Å². The second kappa shape index (κ2) is 4.55. The summed E-state index contributed by atoms with van der Waals surface area (Å²) in [4.78, 5) is 0. The molecule has 0 atom stereocenters. The van der Waals surface area contributed by atoms with Gasteiger partial charge in [0.05, 0.1) is 5.69 Å². The van der Waals surface area contributed by atoms with Gasteiger partial charge < -0.3 is 5.32 Å². The number of nitrogens with one attached hydrogen (secondary N) is 1. The average Bonchev–Trinajstić information content (AvgIpc) is 2.87. The third-order valence-corrected chi connectivity index (χ3v) is 2.46. The zero-order valence-corrected chi connectivity index (χ0v) is 8.74. The summed E-state index contributed by atoms with van der Waals surface area (Å²) in [6.07, 6.45) is 5.95. The summed E-state index contributed by atoms with van der Waals surface area (Å²) in [5.74, 6) is 0.869. The SMILES string of the molecule is CCCNCc1cn(CC2CC2)nn1. The Hall–Kier alpha value is -0.900. The topological polar surface area (TPSA) is 42.7 Å². The Morgan fingerprint density at radius 2 is 2.43 bits per heavy atom. The highest BCUT2D eigenvalue weighted by atomic mass is 15.4. The number of nitrogens with zero attached hydrogens (tertiary/aromatic N) is 3. The molecule has 1 N–H and O–H groups in total. The molecule has 2 rings (SSSR count). The summed E-state index contributed by atoms with van der Waals surface area (Å²) < 4.78 is 1.97. The van der Waals surface area contributed by atoms with Crippen LogP contribution in [-0.4, -0.2) is 21.5 Å². The summed E-state index contributed by atoms with van der Waals surface area (Å²) in [5.41, 5.74) is 1.05. The first-order chi connectivity index (χ1) is 6.88. The molecule has 1 aromatic heterocycles. The molecular formula is C10H18N4. The molecule has 0 aliphatic heterocycles. The van der Waals surface area contributed by atoms with Crippen LogP contribution >= 0.6 is 0 Å². The van der Waals surface area contributed by atoms with Crippen LogP contribution in [0.15, 0.2) is 6.20 Å². The molecule has 1 aromatic rings. The fraction of sp³-hybridized carbons (Fsp3) is 0.800. The lowest BCUT2D eigenvalue weighted by atomic mass is 10.4. The van der Waals surface area contributed by atoms with Crippen molar-refractivity contribution in [1.82, 2.24) is 20.3 Å². The highest BCUT2D eigenvalue weighted by Gasteiger charge is 2.22. The molecule has 14 heavy (non-hydrogen) atoms. The van der Waals surface area contributed by atoms with Gasteiger partial charge in [-0.05, 0) is 31.7 Å². The Balaban J connectivity index is 1.76. The Bertz CT molecular complexity index is 277. The van der Waals surface area contributed by atoms with Gasteiger partial charge in [-0.2, -0.15) is 0 Å². The first-order valence-electron chi connectivity index (χ1n) is 5.48. The minimum absolute atomic E-state index is 0.846. The smallest absolute Gasteiger partial charge is 0.0964 e. The average molecular weight is 194 g/mol. The minimum Gasteiger partial charge on any atom is -0.311 e. The zero-order chi connectivity index (χ0) is 9.80. The molecule has 4 nitrogen and oxygen atoms in total. The van der Waals surface area contributed by atoms with Gasteiger partial charge in [0, 0.05) is 19.3 Å². The van der Waals surface area contributed by atoms with E-state index in [0.717, 1.165) is 37.7 Å². The highest BCUT2D eigenvalue weighted by molar-refractivity contribution is 4.92. The number of hydrogen-bond acceptors (Lipinski definition) is 3. The predicted octanol–water partition coefficient (Wildman–Crippen LogP) is 1.19. The van der Waals surface area contributed by atoms with E-state index in [1.165, 1.54) is 12.8 Å². The predicted molar refractivity (Wildman–Crippen MR) is 54.7 cm³/mol. The Morgan fingerprint density at radius 1 is 1.57 bits per heavy atom. The van der Waals surface area contributed by atoms with Crippen molar-refractivity contribution < 1.29 is 0 Å². The van der Waals surface area contributed by atoms with Crippen molar-refractivity contribution in [1.29, 1.82) is 0 Å². The van der Waals surface area contributed by atoms with E-state index in [0.29, 0.717) is 0 Å². The fourth-order valence-electron chi connectivity index (χ4n) is 1.47. The molecule has 1 saturated carbocycles. The molecule has 1 aliphatic carbocycles. The van der Waals surface area contributed by atoms with E-state index in [1.807, 2.05) is 4.68 Å². The molecule has 1 heterocycles. The third kappa shape index (κ3) is 2.80.